The third kappa shape index (κ3) is 6.03. The summed E-state index contributed by atoms with van der Waals surface area (Å²) in [6.45, 7) is 2.57. The highest BCUT2D eigenvalue weighted by Gasteiger charge is 2.19. The van der Waals surface area contributed by atoms with E-state index in [0.717, 1.165) is 43.3 Å². The van der Waals surface area contributed by atoms with Gasteiger partial charge in [-0.05, 0) is 75.0 Å². The van der Waals surface area contributed by atoms with Gasteiger partial charge in [-0.1, -0.05) is 41.9 Å². The molecule has 4 rings (SSSR count). The number of thioether (sulfide) groups is 1. The average Bonchev–Trinajstić information content (AvgIpc) is 2.80. The number of aryl methyl sites for hydroxylation is 1. The zero-order valence-electron chi connectivity index (χ0n) is 18.6. The second kappa shape index (κ2) is 11.2. The lowest BCUT2D eigenvalue weighted by molar-refractivity contribution is -0.118. The Hall–Kier alpha value is -2.08. The highest BCUT2D eigenvalue weighted by Crippen LogP contribution is 2.36. The summed E-state index contributed by atoms with van der Waals surface area (Å²) in [7, 11) is 2.12. The summed E-state index contributed by atoms with van der Waals surface area (Å²) >= 11 is 7.90. The minimum absolute atomic E-state index is 0.0808. The molecule has 2 aromatic carbocycles. The van der Waals surface area contributed by atoms with Crippen LogP contribution in [0.15, 0.2) is 53.4 Å². The maximum Gasteiger partial charge on any atom is 0.230 e. The van der Waals surface area contributed by atoms with E-state index >= 15 is 0 Å². The van der Waals surface area contributed by atoms with E-state index in [1.54, 1.807) is 11.8 Å². The number of fused-ring (bicyclic) bond motifs is 2. The Balaban J connectivity index is 1.30. The van der Waals surface area contributed by atoms with Crippen LogP contribution >= 0.6 is 23.4 Å². The Morgan fingerprint density at radius 2 is 1.97 bits per heavy atom. The molecule has 1 amide bonds. The van der Waals surface area contributed by atoms with E-state index in [9.17, 15) is 4.79 Å². The summed E-state index contributed by atoms with van der Waals surface area (Å²) in [5, 5.41) is 4.86. The van der Waals surface area contributed by atoms with Gasteiger partial charge in [-0.3, -0.25) is 9.78 Å². The molecule has 0 saturated heterocycles. The first-order valence-corrected chi connectivity index (χ1v) is 12.7. The first-order valence-electron chi connectivity index (χ1n) is 11.3. The van der Waals surface area contributed by atoms with Crippen molar-refractivity contribution in [1.82, 2.24) is 15.2 Å². The number of halogens is 1. The average molecular weight is 468 g/mol. The Bertz CT molecular complexity index is 1070. The number of nitrogens with one attached hydrogen (secondary N) is 1. The zero-order valence-corrected chi connectivity index (χ0v) is 20.1. The summed E-state index contributed by atoms with van der Waals surface area (Å²) < 4.78 is 0. The second-order valence-electron chi connectivity index (χ2n) is 8.45. The highest BCUT2D eigenvalue weighted by atomic mass is 35.5. The van der Waals surface area contributed by atoms with Crippen LogP contribution in [0.4, 0.5) is 0 Å². The normalized spacial score (nSPS) is 13.3. The van der Waals surface area contributed by atoms with Crippen molar-refractivity contribution in [3.63, 3.8) is 0 Å². The van der Waals surface area contributed by atoms with Gasteiger partial charge >= 0.3 is 0 Å². The van der Waals surface area contributed by atoms with Gasteiger partial charge in [0.25, 0.3) is 0 Å². The van der Waals surface area contributed by atoms with Crippen molar-refractivity contribution in [3.05, 3.63) is 70.4 Å². The molecule has 3 aromatic rings. The fourth-order valence-electron chi connectivity index (χ4n) is 4.26. The fraction of sp³-hybridized carbons (Fsp3) is 0.385. The van der Waals surface area contributed by atoms with Crippen LogP contribution in [0.2, 0.25) is 5.02 Å². The minimum atomic E-state index is 0.0808. The van der Waals surface area contributed by atoms with Crippen molar-refractivity contribution in [1.29, 1.82) is 0 Å². The lowest BCUT2D eigenvalue weighted by atomic mass is 9.94. The van der Waals surface area contributed by atoms with Crippen molar-refractivity contribution in [2.75, 3.05) is 25.9 Å². The summed E-state index contributed by atoms with van der Waals surface area (Å²) in [5.41, 5.74) is 4.78. The molecule has 0 fully saturated rings. The summed E-state index contributed by atoms with van der Waals surface area (Å²) in [6.07, 6.45) is 5.34. The van der Waals surface area contributed by atoms with Crippen LogP contribution in [0, 0.1) is 0 Å². The zero-order chi connectivity index (χ0) is 22.3. The van der Waals surface area contributed by atoms with E-state index in [1.807, 2.05) is 24.3 Å². The number of aromatic nitrogens is 1. The molecule has 0 atom stereocenters. The maximum absolute atomic E-state index is 12.5. The van der Waals surface area contributed by atoms with Gasteiger partial charge in [0.15, 0.2) is 0 Å². The number of carbonyl (C=O) groups excluding carboxylic acids is 1. The van der Waals surface area contributed by atoms with Crippen molar-refractivity contribution < 1.29 is 4.79 Å². The standard InChI is InChI=1S/C26H30ClN3OS/c1-30(17-19-8-3-2-4-9-19)15-7-14-28-25(31)18-32-26-21-10-5-6-11-23(21)29-24-13-12-20(27)16-22(24)26/h2-4,8-9,12-13,16H,5-7,10-11,14-15,17-18H2,1H3,(H,28,31). The number of benzene rings is 2. The Kier molecular flexibility index (Phi) is 8.06. The summed E-state index contributed by atoms with van der Waals surface area (Å²) in [5.74, 6) is 0.495. The molecule has 1 aliphatic rings. The van der Waals surface area contributed by atoms with Crippen LogP contribution in [0.25, 0.3) is 10.9 Å². The molecule has 0 spiro atoms. The number of hydrogen-bond acceptors (Lipinski definition) is 4. The lowest BCUT2D eigenvalue weighted by Crippen LogP contribution is -2.29. The molecule has 1 aromatic heterocycles. The van der Waals surface area contributed by atoms with Crippen molar-refractivity contribution in [2.24, 2.45) is 0 Å². The molecule has 1 N–H and O–H groups in total. The van der Waals surface area contributed by atoms with E-state index in [-0.39, 0.29) is 5.91 Å². The number of rotatable bonds is 9. The molecule has 0 radical (unpaired) electrons. The molecular formula is C26H30ClN3OS. The molecule has 0 aliphatic heterocycles. The van der Waals surface area contributed by atoms with E-state index in [0.29, 0.717) is 17.3 Å². The Morgan fingerprint density at radius 3 is 2.81 bits per heavy atom. The predicted octanol–water partition coefficient (Wildman–Crippen LogP) is 5.50. The van der Waals surface area contributed by atoms with E-state index in [1.165, 1.54) is 34.6 Å². The number of nitrogens with zero attached hydrogens (tertiary/aromatic N) is 2. The van der Waals surface area contributed by atoms with Crippen LogP contribution in [0.5, 0.6) is 0 Å². The number of hydrogen-bond donors (Lipinski definition) is 1. The first-order chi connectivity index (χ1) is 15.6. The van der Waals surface area contributed by atoms with Crippen LogP contribution in [0.3, 0.4) is 0 Å². The Labute approximate surface area is 199 Å². The van der Waals surface area contributed by atoms with E-state index < -0.39 is 0 Å². The molecule has 1 heterocycles. The van der Waals surface area contributed by atoms with E-state index in [4.69, 9.17) is 16.6 Å². The molecule has 0 saturated carbocycles. The fourth-order valence-corrected chi connectivity index (χ4v) is 5.52. The highest BCUT2D eigenvalue weighted by molar-refractivity contribution is 8.00. The molecule has 0 unspecified atom stereocenters. The lowest BCUT2D eigenvalue weighted by Gasteiger charge is -2.20. The van der Waals surface area contributed by atoms with Gasteiger partial charge < -0.3 is 10.2 Å². The predicted molar refractivity (Wildman–Crippen MR) is 135 cm³/mol. The molecule has 4 nitrogen and oxygen atoms in total. The largest absolute Gasteiger partial charge is 0.355 e. The number of carbonyl (C=O) groups is 1. The third-order valence-corrected chi connectivity index (χ3v) is 7.25. The van der Waals surface area contributed by atoms with Gasteiger partial charge in [0.1, 0.15) is 0 Å². The number of pyridine rings is 1. The van der Waals surface area contributed by atoms with E-state index in [2.05, 4.69) is 41.5 Å². The minimum Gasteiger partial charge on any atom is -0.355 e. The van der Waals surface area contributed by atoms with Crippen molar-refractivity contribution in [3.8, 4) is 0 Å². The van der Waals surface area contributed by atoms with Crippen molar-refractivity contribution in [2.45, 2.75) is 43.5 Å². The molecule has 1 aliphatic carbocycles. The molecular weight excluding hydrogens is 438 g/mol. The first kappa shape index (κ1) is 23.1. The second-order valence-corrected chi connectivity index (χ2v) is 9.87. The molecule has 0 bridgehead atoms. The Morgan fingerprint density at radius 1 is 1.16 bits per heavy atom. The van der Waals surface area contributed by atoms with Crippen LogP contribution in [-0.4, -0.2) is 41.7 Å². The quantitative estimate of drug-likeness (QED) is 0.333. The van der Waals surface area contributed by atoms with Crippen molar-refractivity contribution >= 4 is 40.2 Å². The number of amides is 1. The summed E-state index contributed by atoms with van der Waals surface area (Å²) in [4.78, 5) is 20.9. The summed E-state index contributed by atoms with van der Waals surface area (Å²) in [6, 6.07) is 16.3. The topological polar surface area (TPSA) is 45.2 Å². The van der Waals surface area contributed by atoms with Gasteiger partial charge in [0, 0.05) is 34.1 Å². The maximum atomic E-state index is 12.5. The van der Waals surface area contributed by atoms with Gasteiger partial charge in [-0.2, -0.15) is 0 Å². The monoisotopic (exact) mass is 467 g/mol. The molecule has 32 heavy (non-hydrogen) atoms. The third-order valence-electron chi connectivity index (χ3n) is 5.85. The van der Waals surface area contributed by atoms with Gasteiger partial charge in [0.05, 0.1) is 11.3 Å². The molecule has 168 valence electrons. The van der Waals surface area contributed by atoms with Crippen LogP contribution in [0.1, 0.15) is 36.1 Å². The molecule has 6 heteroatoms. The van der Waals surface area contributed by atoms with Crippen LogP contribution in [-0.2, 0) is 24.2 Å². The van der Waals surface area contributed by atoms with Gasteiger partial charge in [-0.25, -0.2) is 0 Å². The van der Waals surface area contributed by atoms with Crippen LogP contribution < -0.4 is 5.32 Å². The van der Waals surface area contributed by atoms with Gasteiger partial charge in [0.2, 0.25) is 5.91 Å². The smallest absolute Gasteiger partial charge is 0.230 e. The SMILES string of the molecule is CN(CCCNC(=O)CSc1c2c(nc3ccc(Cl)cc13)CCCC2)Cc1ccccc1. The van der Waals surface area contributed by atoms with Gasteiger partial charge in [-0.15, -0.1) is 11.8 Å².